The molecule has 0 amide bonds. The van der Waals surface area contributed by atoms with Gasteiger partial charge in [0.05, 0.1) is 23.1 Å². The lowest BCUT2D eigenvalue weighted by atomic mass is 10.3. The predicted octanol–water partition coefficient (Wildman–Crippen LogP) is 5.09. The summed E-state index contributed by atoms with van der Waals surface area (Å²) in [6.45, 7) is 8.24. The van der Waals surface area contributed by atoms with E-state index >= 15 is 0 Å². The van der Waals surface area contributed by atoms with Gasteiger partial charge in [0.2, 0.25) is 0 Å². The van der Waals surface area contributed by atoms with Crippen molar-refractivity contribution in [2.45, 2.75) is 0 Å². The Morgan fingerprint density at radius 3 is 2.17 bits per heavy atom. The SMILES string of the molecule is C=COCCOc1ccc(N=Nc2ccc([N+](=O)[O-])cc2)c(OCCOC=C)c1. The highest BCUT2D eigenvalue weighted by Crippen LogP contribution is 2.33. The Morgan fingerprint density at radius 1 is 0.897 bits per heavy atom. The van der Waals surface area contributed by atoms with Crippen molar-refractivity contribution in [3.05, 3.63) is 78.3 Å². The van der Waals surface area contributed by atoms with E-state index in [0.717, 1.165) is 0 Å². The number of hydrogen-bond acceptors (Lipinski definition) is 8. The molecule has 0 fully saturated rings. The minimum Gasteiger partial charge on any atom is -0.498 e. The largest absolute Gasteiger partial charge is 0.498 e. The fourth-order valence-corrected chi connectivity index (χ4v) is 2.11. The molecule has 0 saturated carbocycles. The lowest BCUT2D eigenvalue weighted by molar-refractivity contribution is -0.384. The molecule has 2 aromatic rings. The van der Waals surface area contributed by atoms with Gasteiger partial charge in [-0.2, -0.15) is 5.11 Å². The van der Waals surface area contributed by atoms with Gasteiger partial charge in [-0.25, -0.2) is 0 Å². The van der Waals surface area contributed by atoms with Crippen LogP contribution in [0.5, 0.6) is 11.5 Å². The molecule has 0 unspecified atom stereocenters. The first-order chi connectivity index (χ1) is 14.1. The molecule has 0 atom stereocenters. The van der Waals surface area contributed by atoms with Gasteiger partial charge in [-0.3, -0.25) is 10.1 Å². The first kappa shape index (κ1) is 21.4. The number of nitrogens with zero attached hydrogens (tertiary/aromatic N) is 3. The highest BCUT2D eigenvalue weighted by Gasteiger charge is 2.08. The maximum atomic E-state index is 10.7. The van der Waals surface area contributed by atoms with Crippen LogP contribution in [0.25, 0.3) is 0 Å². The summed E-state index contributed by atoms with van der Waals surface area (Å²) < 4.78 is 21.4. The molecule has 2 aromatic carbocycles. The van der Waals surface area contributed by atoms with Crippen molar-refractivity contribution < 1.29 is 23.9 Å². The second kappa shape index (κ2) is 11.8. The highest BCUT2D eigenvalue weighted by atomic mass is 16.6. The molecule has 0 saturated heterocycles. The van der Waals surface area contributed by atoms with Gasteiger partial charge in [-0.05, 0) is 24.3 Å². The zero-order valence-electron chi connectivity index (χ0n) is 15.7. The van der Waals surface area contributed by atoms with Crippen LogP contribution in [0.3, 0.4) is 0 Å². The van der Waals surface area contributed by atoms with E-state index in [0.29, 0.717) is 42.7 Å². The number of hydrogen-bond donors (Lipinski definition) is 0. The first-order valence-electron chi connectivity index (χ1n) is 8.65. The van der Waals surface area contributed by atoms with Crippen LogP contribution in [-0.4, -0.2) is 31.4 Å². The van der Waals surface area contributed by atoms with E-state index in [2.05, 4.69) is 23.4 Å². The molecule has 152 valence electrons. The van der Waals surface area contributed by atoms with Crippen molar-refractivity contribution in [3.63, 3.8) is 0 Å². The molecule has 0 aromatic heterocycles. The molecule has 29 heavy (non-hydrogen) atoms. The average Bonchev–Trinajstić information content (AvgIpc) is 2.74. The summed E-state index contributed by atoms with van der Waals surface area (Å²) in [7, 11) is 0. The Morgan fingerprint density at radius 2 is 1.55 bits per heavy atom. The van der Waals surface area contributed by atoms with Gasteiger partial charge in [0.25, 0.3) is 5.69 Å². The fourth-order valence-electron chi connectivity index (χ4n) is 2.11. The lowest BCUT2D eigenvalue weighted by Crippen LogP contribution is -2.06. The third-order valence-corrected chi connectivity index (χ3v) is 3.43. The quantitative estimate of drug-likeness (QED) is 0.153. The van der Waals surface area contributed by atoms with Crippen LogP contribution in [0.2, 0.25) is 0 Å². The van der Waals surface area contributed by atoms with Crippen LogP contribution in [0.15, 0.2) is 78.4 Å². The minimum atomic E-state index is -0.475. The van der Waals surface area contributed by atoms with Gasteiger partial charge < -0.3 is 18.9 Å². The zero-order chi connectivity index (χ0) is 20.9. The molecule has 2 rings (SSSR count). The standard InChI is InChI=1S/C20H21N3O6/c1-3-26-11-13-28-18-9-10-19(20(15-18)29-14-12-27-4-2)22-21-16-5-7-17(8-6-16)23(24)25/h3-10,15H,1-2,11-14H2. The van der Waals surface area contributed by atoms with Gasteiger partial charge in [0, 0.05) is 18.2 Å². The summed E-state index contributed by atoms with van der Waals surface area (Å²) in [6, 6.07) is 10.9. The van der Waals surface area contributed by atoms with Gasteiger partial charge >= 0.3 is 0 Å². The summed E-state index contributed by atoms with van der Waals surface area (Å²) in [6.07, 6.45) is 2.68. The lowest BCUT2D eigenvalue weighted by Gasteiger charge is -2.11. The van der Waals surface area contributed by atoms with Crippen molar-refractivity contribution in [1.82, 2.24) is 0 Å². The van der Waals surface area contributed by atoms with Crippen molar-refractivity contribution in [3.8, 4) is 11.5 Å². The van der Waals surface area contributed by atoms with Crippen molar-refractivity contribution in [2.24, 2.45) is 10.2 Å². The molecule has 0 aliphatic heterocycles. The van der Waals surface area contributed by atoms with E-state index in [1.807, 2.05) is 0 Å². The normalized spacial score (nSPS) is 10.3. The molecular formula is C20H21N3O6. The number of benzene rings is 2. The molecular weight excluding hydrogens is 378 g/mol. The molecule has 9 heteroatoms. The second-order valence-corrected chi connectivity index (χ2v) is 5.37. The van der Waals surface area contributed by atoms with E-state index in [1.165, 1.54) is 36.8 Å². The van der Waals surface area contributed by atoms with E-state index < -0.39 is 4.92 Å². The topological polar surface area (TPSA) is 105 Å². The molecule has 0 heterocycles. The summed E-state index contributed by atoms with van der Waals surface area (Å²) in [5, 5.41) is 19.0. The predicted molar refractivity (Wildman–Crippen MR) is 107 cm³/mol. The van der Waals surface area contributed by atoms with Crippen molar-refractivity contribution >= 4 is 17.1 Å². The molecule has 0 N–H and O–H groups in total. The van der Waals surface area contributed by atoms with E-state index in [-0.39, 0.29) is 12.3 Å². The van der Waals surface area contributed by atoms with Gasteiger partial charge in [0.15, 0.2) is 5.75 Å². The first-order valence-corrected chi connectivity index (χ1v) is 8.65. The summed E-state index contributed by atoms with van der Waals surface area (Å²) in [5.41, 5.74) is 0.923. The van der Waals surface area contributed by atoms with E-state index in [9.17, 15) is 10.1 Å². The second-order valence-electron chi connectivity index (χ2n) is 5.37. The van der Waals surface area contributed by atoms with Crippen LogP contribution in [0.1, 0.15) is 0 Å². The number of azo groups is 1. The van der Waals surface area contributed by atoms with Crippen LogP contribution >= 0.6 is 0 Å². The third-order valence-electron chi connectivity index (χ3n) is 3.43. The highest BCUT2D eigenvalue weighted by molar-refractivity contribution is 5.55. The fraction of sp³-hybridized carbons (Fsp3) is 0.200. The van der Waals surface area contributed by atoms with Gasteiger partial charge in [-0.1, -0.05) is 13.2 Å². The Kier molecular flexibility index (Phi) is 8.68. The third kappa shape index (κ3) is 7.33. The molecule has 0 aliphatic carbocycles. The molecule has 0 aliphatic rings. The van der Waals surface area contributed by atoms with Crippen LogP contribution < -0.4 is 9.47 Å². The van der Waals surface area contributed by atoms with Crippen LogP contribution in [-0.2, 0) is 9.47 Å². The maximum Gasteiger partial charge on any atom is 0.269 e. The molecule has 0 bridgehead atoms. The number of nitro benzene ring substituents is 1. The smallest absolute Gasteiger partial charge is 0.269 e. The number of ether oxygens (including phenoxy) is 4. The maximum absolute atomic E-state index is 10.7. The van der Waals surface area contributed by atoms with Crippen LogP contribution in [0.4, 0.5) is 17.1 Å². The Bertz CT molecular complexity index is 852. The van der Waals surface area contributed by atoms with E-state index in [4.69, 9.17) is 18.9 Å². The monoisotopic (exact) mass is 399 g/mol. The molecule has 0 radical (unpaired) electrons. The van der Waals surface area contributed by atoms with Gasteiger partial charge in [-0.15, -0.1) is 5.11 Å². The van der Waals surface area contributed by atoms with Crippen LogP contribution in [0, 0.1) is 10.1 Å². The Labute approximate surface area is 168 Å². The summed E-state index contributed by atoms with van der Waals surface area (Å²) in [5.74, 6) is 1.03. The number of non-ortho nitro benzene ring substituents is 1. The minimum absolute atomic E-state index is 0.0165. The van der Waals surface area contributed by atoms with E-state index in [1.54, 1.807) is 18.2 Å². The Balaban J connectivity index is 2.12. The molecule has 9 nitrogen and oxygen atoms in total. The van der Waals surface area contributed by atoms with Gasteiger partial charge in [0.1, 0.15) is 37.9 Å². The summed E-state index contributed by atoms with van der Waals surface area (Å²) in [4.78, 5) is 10.2. The Hall–Kier alpha value is -3.88. The number of nitro groups is 1. The van der Waals surface area contributed by atoms with Crippen molar-refractivity contribution in [1.29, 1.82) is 0 Å². The van der Waals surface area contributed by atoms with Crippen molar-refractivity contribution in [2.75, 3.05) is 26.4 Å². The molecule has 0 spiro atoms. The summed E-state index contributed by atoms with van der Waals surface area (Å²) >= 11 is 0. The zero-order valence-corrected chi connectivity index (χ0v) is 15.7. The average molecular weight is 399 g/mol. The number of rotatable bonds is 13.